The molecule has 0 spiro atoms. The molecule has 1 N–H and O–H groups in total. The number of nitrogens with zero attached hydrogens (tertiary/aromatic N) is 1. The van der Waals surface area contributed by atoms with E-state index < -0.39 is 10.0 Å². The van der Waals surface area contributed by atoms with Gasteiger partial charge in [0.25, 0.3) is 10.0 Å². The summed E-state index contributed by atoms with van der Waals surface area (Å²) in [5.41, 5.74) is 2.66. The molecule has 2 aromatic carbocycles. The number of fused-ring (bicyclic) bond motifs is 3. The van der Waals surface area contributed by atoms with E-state index in [1.807, 2.05) is 24.3 Å². The van der Waals surface area contributed by atoms with Crippen LogP contribution >= 0.6 is 11.6 Å². The summed E-state index contributed by atoms with van der Waals surface area (Å²) in [5.74, 6) is 0. The van der Waals surface area contributed by atoms with Crippen LogP contribution in [0.15, 0.2) is 53.4 Å². The Labute approximate surface area is 139 Å². The second kappa shape index (κ2) is 5.37. The third-order valence-corrected chi connectivity index (χ3v) is 6.20. The largest absolute Gasteiger partial charge is 0.311 e. The Morgan fingerprint density at radius 1 is 1.09 bits per heavy atom. The van der Waals surface area contributed by atoms with Crippen LogP contribution in [0, 0.1) is 0 Å². The first kappa shape index (κ1) is 14.8. The van der Waals surface area contributed by atoms with Crippen molar-refractivity contribution < 1.29 is 8.42 Å². The summed E-state index contributed by atoms with van der Waals surface area (Å²) < 4.78 is 27.9. The van der Waals surface area contributed by atoms with Gasteiger partial charge in [0.15, 0.2) is 0 Å². The molecule has 118 valence electrons. The summed E-state index contributed by atoms with van der Waals surface area (Å²) in [6.07, 6.45) is 0.827. The number of aromatic nitrogens is 1. The second-order valence-electron chi connectivity index (χ2n) is 5.60. The minimum absolute atomic E-state index is 0.208. The van der Waals surface area contributed by atoms with Crippen molar-refractivity contribution in [3.05, 3.63) is 64.8 Å². The summed E-state index contributed by atoms with van der Waals surface area (Å²) in [7, 11) is -3.69. The molecule has 0 atom stereocenters. The molecule has 3 aromatic rings. The predicted octanol–water partition coefficient (Wildman–Crippen LogP) is 3.18. The van der Waals surface area contributed by atoms with Gasteiger partial charge in [0.05, 0.1) is 16.1 Å². The van der Waals surface area contributed by atoms with Crippen LogP contribution in [-0.2, 0) is 23.0 Å². The van der Waals surface area contributed by atoms with Crippen LogP contribution in [0.1, 0.15) is 11.3 Å². The lowest BCUT2D eigenvalue weighted by Gasteiger charge is -2.17. The zero-order chi connectivity index (χ0) is 16.0. The van der Waals surface area contributed by atoms with Gasteiger partial charge in [-0.25, -0.2) is 12.4 Å². The van der Waals surface area contributed by atoms with Crippen LogP contribution in [0.25, 0.3) is 10.9 Å². The van der Waals surface area contributed by atoms with E-state index in [4.69, 9.17) is 11.6 Å². The van der Waals surface area contributed by atoms with E-state index in [9.17, 15) is 8.42 Å². The number of para-hydroxylation sites is 1. The molecular formula is C17H15ClN2O2S. The number of nitrogens with one attached hydrogen (secondary N) is 1. The van der Waals surface area contributed by atoms with E-state index in [1.165, 1.54) is 10.0 Å². The Bertz CT molecular complexity index is 1010. The van der Waals surface area contributed by atoms with Gasteiger partial charge >= 0.3 is 0 Å². The first-order valence-corrected chi connectivity index (χ1v) is 9.24. The molecule has 0 saturated heterocycles. The van der Waals surface area contributed by atoms with Crippen LogP contribution in [0.2, 0.25) is 5.02 Å². The predicted molar refractivity (Wildman–Crippen MR) is 91.4 cm³/mol. The van der Waals surface area contributed by atoms with E-state index >= 15 is 0 Å². The van der Waals surface area contributed by atoms with Crippen molar-refractivity contribution in [2.45, 2.75) is 17.9 Å². The molecule has 6 heteroatoms. The minimum atomic E-state index is -3.69. The fourth-order valence-electron chi connectivity index (χ4n) is 3.21. The van der Waals surface area contributed by atoms with Gasteiger partial charge in [-0.15, -0.1) is 0 Å². The highest BCUT2D eigenvalue weighted by atomic mass is 35.5. The van der Waals surface area contributed by atoms with Gasteiger partial charge in [-0.3, -0.25) is 0 Å². The quantitative estimate of drug-likeness (QED) is 0.775. The first-order valence-electron chi connectivity index (χ1n) is 7.42. The lowest BCUT2D eigenvalue weighted by molar-refractivity contribution is 0.578. The summed E-state index contributed by atoms with van der Waals surface area (Å²) in [6.45, 7) is 1.40. The van der Waals surface area contributed by atoms with E-state index in [1.54, 1.807) is 18.2 Å². The highest BCUT2D eigenvalue weighted by Crippen LogP contribution is 2.32. The van der Waals surface area contributed by atoms with Crippen LogP contribution in [0.4, 0.5) is 0 Å². The summed E-state index contributed by atoms with van der Waals surface area (Å²) in [5, 5.41) is 4.69. The SMILES string of the molecule is O=S(=O)(c1cccc(Cl)c1)n1c2c(c3ccccc31)CCNC2. The summed E-state index contributed by atoms with van der Waals surface area (Å²) >= 11 is 5.99. The number of rotatable bonds is 2. The van der Waals surface area contributed by atoms with Crippen molar-refractivity contribution in [3.63, 3.8) is 0 Å². The summed E-state index contributed by atoms with van der Waals surface area (Å²) in [4.78, 5) is 0.208. The van der Waals surface area contributed by atoms with Gasteiger partial charge in [-0.05, 0) is 42.8 Å². The number of hydrogen-bond donors (Lipinski definition) is 1. The Hall–Kier alpha value is -1.82. The molecule has 0 bridgehead atoms. The van der Waals surface area contributed by atoms with Gasteiger partial charge in [0, 0.05) is 17.0 Å². The Balaban J connectivity index is 2.06. The molecule has 0 aliphatic carbocycles. The second-order valence-corrected chi connectivity index (χ2v) is 7.82. The standard InChI is InChI=1S/C17H15ClN2O2S/c18-12-4-3-5-13(10-12)23(21,22)20-16-7-2-1-6-14(16)15-8-9-19-11-17(15)20/h1-7,10,19H,8-9,11H2. The molecule has 1 aliphatic heterocycles. The Kier molecular flexibility index (Phi) is 3.44. The molecule has 0 amide bonds. The Morgan fingerprint density at radius 3 is 2.74 bits per heavy atom. The average Bonchev–Trinajstić information content (AvgIpc) is 2.90. The molecule has 2 heterocycles. The molecule has 0 saturated carbocycles. The van der Waals surface area contributed by atoms with Gasteiger partial charge in [-0.2, -0.15) is 0 Å². The van der Waals surface area contributed by atoms with Crippen molar-refractivity contribution in [2.75, 3.05) is 6.54 Å². The lowest BCUT2D eigenvalue weighted by atomic mass is 10.1. The van der Waals surface area contributed by atoms with Gasteiger partial charge < -0.3 is 5.32 Å². The van der Waals surface area contributed by atoms with E-state index in [0.29, 0.717) is 11.6 Å². The monoisotopic (exact) mass is 346 g/mol. The topological polar surface area (TPSA) is 51.1 Å². The fourth-order valence-corrected chi connectivity index (χ4v) is 5.09. The fraction of sp³-hybridized carbons (Fsp3) is 0.176. The van der Waals surface area contributed by atoms with Crippen LogP contribution in [-0.4, -0.2) is 18.9 Å². The first-order chi connectivity index (χ1) is 11.1. The third kappa shape index (κ3) is 2.27. The molecule has 0 fully saturated rings. The maximum atomic E-state index is 13.2. The van der Waals surface area contributed by atoms with Crippen LogP contribution < -0.4 is 5.32 Å². The van der Waals surface area contributed by atoms with Crippen molar-refractivity contribution >= 4 is 32.5 Å². The minimum Gasteiger partial charge on any atom is -0.311 e. The van der Waals surface area contributed by atoms with Gasteiger partial charge in [-0.1, -0.05) is 35.9 Å². The zero-order valence-electron chi connectivity index (χ0n) is 12.3. The normalized spacial score (nSPS) is 14.8. The van der Waals surface area contributed by atoms with Crippen LogP contribution in [0.5, 0.6) is 0 Å². The third-order valence-electron chi connectivity index (χ3n) is 4.22. The maximum absolute atomic E-state index is 13.2. The highest BCUT2D eigenvalue weighted by Gasteiger charge is 2.27. The molecule has 1 aromatic heterocycles. The van der Waals surface area contributed by atoms with Gasteiger partial charge in [0.2, 0.25) is 0 Å². The van der Waals surface area contributed by atoms with Crippen molar-refractivity contribution in [1.29, 1.82) is 0 Å². The molecule has 23 heavy (non-hydrogen) atoms. The van der Waals surface area contributed by atoms with Crippen molar-refractivity contribution in [3.8, 4) is 0 Å². The molecule has 0 radical (unpaired) electrons. The molecule has 1 aliphatic rings. The van der Waals surface area contributed by atoms with Crippen LogP contribution in [0.3, 0.4) is 0 Å². The summed E-state index contributed by atoms with van der Waals surface area (Å²) in [6, 6.07) is 14.1. The lowest BCUT2D eigenvalue weighted by Crippen LogP contribution is -2.27. The Morgan fingerprint density at radius 2 is 1.91 bits per heavy atom. The number of hydrogen-bond acceptors (Lipinski definition) is 3. The van der Waals surface area contributed by atoms with Crippen molar-refractivity contribution in [2.24, 2.45) is 0 Å². The highest BCUT2D eigenvalue weighted by molar-refractivity contribution is 7.90. The number of halogens is 1. The van der Waals surface area contributed by atoms with E-state index in [-0.39, 0.29) is 4.90 Å². The molecule has 4 rings (SSSR count). The average molecular weight is 347 g/mol. The molecular weight excluding hydrogens is 332 g/mol. The molecule has 4 nitrogen and oxygen atoms in total. The zero-order valence-corrected chi connectivity index (χ0v) is 13.9. The number of benzene rings is 2. The van der Waals surface area contributed by atoms with Crippen molar-refractivity contribution in [1.82, 2.24) is 9.29 Å². The maximum Gasteiger partial charge on any atom is 0.268 e. The van der Waals surface area contributed by atoms with Gasteiger partial charge in [0.1, 0.15) is 0 Å². The van der Waals surface area contributed by atoms with E-state index in [0.717, 1.165) is 35.1 Å². The smallest absolute Gasteiger partial charge is 0.268 e. The molecule has 0 unspecified atom stereocenters. The van der Waals surface area contributed by atoms with E-state index in [2.05, 4.69) is 5.32 Å².